The molecule has 2 rings (SSSR count). The highest BCUT2D eigenvalue weighted by atomic mass is 16.1. The molecule has 3 nitrogen and oxygen atoms in total. The van der Waals surface area contributed by atoms with Crippen molar-refractivity contribution in [1.29, 1.82) is 0 Å². The maximum absolute atomic E-state index is 12.1. The quantitative estimate of drug-likeness (QED) is 0.837. The summed E-state index contributed by atoms with van der Waals surface area (Å²) in [7, 11) is 0. The molecule has 3 N–H and O–H groups in total. The van der Waals surface area contributed by atoms with Crippen LogP contribution in [0.15, 0.2) is 18.2 Å². The Bertz CT molecular complexity index is 548. The largest absolute Gasteiger partial charge is 0.326 e. The zero-order valence-electron chi connectivity index (χ0n) is 12.7. The molecule has 3 heteroatoms. The Morgan fingerprint density at radius 3 is 2.81 bits per heavy atom. The molecule has 1 aromatic carbocycles. The first kappa shape index (κ1) is 15.6. The normalized spacial score (nSPS) is 15.1. The van der Waals surface area contributed by atoms with Crippen LogP contribution in [0.3, 0.4) is 0 Å². The molecule has 0 bridgehead atoms. The predicted molar refractivity (Wildman–Crippen MR) is 86.9 cm³/mol. The van der Waals surface area contributed by atoms with E-state index in [2.05, 4.69) is 17.2 Å². The standard InChI is InChI=1S/C18H24N2O/c1-14-9-10-17(13-16(14)8-5-11-19)20-18(21)12-15-6-3-2-4-7-15/h9-10,13,15H,2-4,6-7,11-12,19H2,1H3,(H,20,21). The van der Waals surface area contributed by atoms with Gasteiger partial charge in [0.1, 0.15) is 0 Å². The summed E-state index contributed by atoms with van der Waals surface area (Å²) in [6.45, 7) is 2.35. The van der Waals surface area contributed by atoms with Gasteiger partial charge in [-0.1, -0.05) is 37.2 Å². The Morgan fingerprint density at radius 1 is 1.33 bits per heavy atom. The van der Waals surface area contributed by atoms with Gasteiger partial charge in [0.25, 0.3) is 0 Å². The molecule has 0 spiro atoms. The molecule has 1 aliphatic carbocycles. The third-order valence-electron chi connectivity index (χ3n) is 4.05. The molecule has 1 fully saturated rings. The van der Waals surface area contributed by atoms with Crippen LogP contribution in [0.5, 0.6) is 0 Å². The number of nitrogens with two attached hydrogens (primary N) is 1. The highest BCUT2D eigenvalue weighted by molar-refractivity contribution is 5.91. The van der Waals surface area contributed by atoms with Gasteiger partial charge in [-0.15, -0.1) is 0 Å². The van der Waals surface area contributed by atoms with Gasteiger partial charge in [0, 0.05) is 17.7 Å². The third kappa shape index (κ3) is 4.91. The number of hydrogen-bond acceptors (Lipinski definition) is 2. The first-order valence-electron chi connectivity index (χ1n) is 7.78. The lowest BCUT2D eigenvalue weighted by Crippen LogP contribution is -2.18. The molecular formula is C18H24N2O. The highest BCUT2D eigenvalue weighted by Crippen LogP contribution is 2.26. The molecule has 1 saturated carbocycles. The number of carbonyl (C=O) groups is 1. The van der Waals surface area contributed by atoms with Crippen molar-refractivity contribution < 1.29 is 4.79 Å². The van der Waals surface area contributed by atoms with Crippen molar-refractivity contribution in [1.82, 2.24) is 0 Å². The van der Waals surface area contributed by atoms with Crippen LogP contribution in [-0.2, 0) is 4.79 Å². The van der Waals surface area contributed by atoms with Gasteiger partial charge in [-0.2, -0.15) is 0 Å². The summed E-state index contributed by atoms with van der Waals surface area (Å²) < 4.78 is 0. The first-order valence-corrected chi connectivity index (χ1v) is 7.78. The van der Waals surface area contributed by atoms with Crippen LogP contribution in [0.1, 0.15) is 49.7 Å². The van der Waals surface area contributed by atoms with E-state index in [0.29, 0.717) is 18.9 Å². The fourth-order valence-corrected chi connectivity index (χ4v) is 2.85. The smallest absolute Gasteiger partial charge is 0.224 e. The number of carbonyl (C=O) groups excluding carboxylic acids is 1. The SMILES string of the molecule is Cc1ccc(NC(=O)CC2CCCCC2)cc1C#CCN. The number of hydrogen-bond donors (Lipinski definition) is 2. The Labute approximate surface area is 127 Å². The van der Waals surface area contributed by atoms with Crippen molar-refractivity contribution >= 4 is 11.6 Å². The lowest BCUT2D eigenvalue weighted by Gasteiger charge is -2.20. The second-order valence-electron chi connectivity index (χ2n) is 5.79. The minimum atomic E-state index is 0.114. The topological polar surface area (TPSA) is 55.1 Å². The summed E-state index contributed by atoms with van der Waals surface area (Å²) in [5, 5.41) is 3.00. The van der Waals surface area contributed by atoms with Crippen LogP contribution in [0.2, 0.25) is 0 Å². The van der Waals surface area contributed by atoms with E-state index in [-0.39, 0.29) is 5.91 Å². The Hall–Kier alpha value is -1.79. The number of benzene rings is 1. The molecule has 1 amide bonds. The summed E-state index contributed by atoms with van der Waals surface area (Å²) in [5.74, 6) is 6.57. The van der Waals surface area contributed by atoms with E-state index >= 15 is 0 Å². The Kier molecular flexibility index (Phi) is 5.83. The van der Waals surface area contributed by atoms with Gasteiger partial charge >= 0.3 is 0 Å². The zero-order valence-corrected chi connectivity index (χ0v) is 12.7. The predicted octanol–water partition coefficient (Wildman–Crippen LogP) is 3.21. The Morgan fingerprint density at radius 2 is 2.10 bits per heavy atom. The lowest BCUT2D eigenvalue weighted by molar-refractivity contribution is -0.117. The maximum Gasteiger partial charge on any atom is 0.224 e. The van der Waals surface area contributed by atoms with E-state index in [1.807, 2.05) is 25.1 Å². The molecule has 0 radical (unpaired) electrons. The van der Waals surface area contributed by atoms with E-state index in [4.69, 9.17) is 5.73 Å². The molecule has 0 atom stereocenters. The number of amides is 1. The number of anilines is 1. The average Bonchev–Trinajstić information content (AvgIpc) is 2.48. The fraction of sp³-hybridized carbons (Fsp3) is 0.500. The van der Waals surface area contributed by atoms with E-state index < -0.39 is 0 Å². The first-order chi connectivity index (χ1) is 10.2. The highest BCUT2D eigenvalue weighted by Gasteiger charge is 2.17. The molecule has 0 aliphatic heterocycles. The van der Waals surface area contributed by atoms with Crippen molar-refractivity contribution in [3.8, 4) is 11.8 Å². The van der Waals surface area contributed by atoms with Crippen LogP contribution in [0.4, 0.5) is 5.69 Å². The van der Waals surface area contributed by atoms with Gasteiger partial charge in [0.05, 0.1) is 6.54 Å². The van der Waals surface area contributed by atoms with E-state index in [0.717, 1.165) is 16.8 Å². The summed E-state index contributed by atoms with van der Waals surface area (Å²) in [6.07, 6.45) is 6.86. The summed E-state index contributed by atoms with van der Waals surface area (Å²) >= 11 is 0. The summed E-state index contributed by atoms with van der Waals surface area (Å²) in [6, 6.07) is 5.84. The third-order valence-corrected chi connectivity index (χ3v) is 4.05. The van der Waals surface area contributed by atoms with Crippen molar-refractivity contribution in [2.45, 2.75) is 45.4 Å². The van der Waals surface area contributed by atoms with Gasteiger partial charge in [-0.25, -0.2) is 0 Å². The van der Waals surface area contributed by atoms with Crippen molar-refractivity contribution in [3.05, 3.63) is 29.3 Å². The Balaban J connectivity index is 1.96. The van der Waals surface area contributed by atoms with Crippen LogP contribution in [-0.4, -0.2) is 12.5 Å². The molecule has 0 heterocycles. The van der Waals surface area contributed by atoms with Crippen LogP contribution >= 0.6 is 0 Å². The fourth-order valence-electron chi connectivity index (χ4n) is 2.85. The summed E-state index contributed by atoms with van der Waals surface area (Å²) in [5.41, 5.74) is 8.25. The van der Waals surface area contributed by atoms with Crippen LogP contribution in [0.25, 0.3) is 0 Å². The molecule has 0 saturated heterocycles. The van der Waals surface area contributed by atoms with Gasteiger partial charge in [-0.3, -0.25) is 4.79 Å². The monoisotopic (exact) mass is 284 g/mol. The molecular weight excluding hydrogens is 260 g/mol. The van der Waals surface area contributed by atoms with Gasteiger partial charge in [0.15, 0.2) is 0 Å². The molecule has 1 aromatic rings. The molecule has 112 valence electrons. The maximum atomic E-state index is 12.1. The zero-order chi connectivity index (χ0) is 15.1. The minimum absolute atomic E-state index is 0.114. The summed E-state index contributed by atoms with van der Waals surface area (Å²) in [4.78, 5) is 12.1. The van der Waals surface area contributed by atoms with Crippen LogP contribution < -0.4 is 11.1 Å². The lowest BCUT2D eigenvalue weighted by atomic mass is 9.87. The van der Waals surface area contributed by atoms with Crippen molar-refractivity contribution in [2.24, 2.45) is 11.7 Å². The number of rotatable bonds is 3. The van der Waals surface area contributed by atoms with Crippen molar-refractivity contribution in [3.63, 3.8) is 0 Å². The van der Waals surface area contributed by atoms with Gasteiger partial charge in [-0.05, 0) is 43.4 Å². The van der Waals surface area contributed by atoms with E-state index in [9.17, 15) is 4.79 Å². The number of nitrogens with one attached hydrogen (secondary N) is 1. The van der Waals surface area contributed by atoms with Gasteiger partial charge < -0.3 is 11.1 Å². The molecule has 21 heavy (non-hydrogen) atoms. The van der Waals surface area contributed by atoms with Crippen molar-refractivity contribution in [2.75, 3.05) is 11.9 Å². The van der Waals surface area contributed by atoms with E-state index in [1.165, 1.54) is 32.1 Å². The minimum Gasteiger partial charge on any atom is -0.326 e. The van der Waals surface area contributed by atoms with E-state index in [1.54, 1.807) is 0 Å². The number of aryl methyl sites for hydroxylation is 1. The second-order valence-corrected chi connectivity index (χ2v) is 5.79. The van der Waals surface area contributed by atoms with Gasteiger partial charge in [0.2, 0.25) is 5.91 Å². The second kappa shape index (κ2) is 7.85. The molecule has 0 aromatic heterocycles. The molecule has 0 unspecified atom stereocenters. The average molecular weight is 284 g/mol. The molecule has 1 aliphatic rings. The van der Waals surface area contributed by atoms with Crippen LogP contribution in [0, 0.1) is 24.7 Å².